The summed E-state index contributed by atoms with van der Waals surface area (Å²) >= 11 is 0. The zero-order valence-corrected chi connectivity index (χ0v) is 28.8. The van der Waals surface area contributed by atoms with Crippen LogP contribution in [0.3, 0.4) is 0 Å². The first-order chi connectivity index (χ1) is 20.8. The molecular formula is C40H75NO. The van der Waals surface area contributed by atoms with Crippen LogP contribution in [0.25, 0.3) is 0 Å². The molecule has 2 heteroatoms. The molecule has 0 heterocycles. The molecule has 1 rings (SSSR count). The van der Waals surface area contributed by atoms with Gasteiger partial charge in [-0.3, -0.25) is 0 Å². The minimum atomic E-state index is 0.444. The summed E-state index contributed by atoms with van der Waals surface area (Å²) in [4.78, 5) is 2.46. The molecule has 0 fully saturated rings. The fraction of sp³-hybridized carbons (Fsp3) is 0.850. The predicted molar refractivity (Wildman–Crippen MR) is 190 cm³/mol. The highest BCUT2D eigenvalue weighted by molar-refractivity contribution is 5.57. The van der Waals surface area contributed by atoms with Crippen molar-refractivity contribution < 1.29 is 5.11 Å². The zero-order chi connectivity index (χ0) is 30.2. The SMILES string of the molecule is CCCCCCCCCCCCCCCCCN(CCCCCCCCCCCCCCCCC)c1ccccc1O. The van der Waals surface area contributed by atoms with Crippen LogP contribution in [0.15, 0.2) is 24.3 Å². The van der Waals surface area contributed by atoms with Crippen LogP contribution in [0.1, 0.15) is 206 Å². The van der Waals surface area contributed by atoms with E-state index in [1.165, 1.54) is 193 Å². The summed E-state index contributed by atoms with van der Waals surface area (Å²) in [6.07, 6.45) is 42.2. The summed E-state index contributed by atoms with van der Waals surface area (Å²) in [7, 11) is 0. The second-order valence-corrected chi connectivity index (χ2v) is 13.4. The third kappa shape index (κ3) is 24.3. The summed E-state index contributed by atoms with van der Waals surface area (Å²) in [6, 6.07) is 7.96. The molecule has 0 bridgehead atoms. The standard InChI is InChI=1S/C40H75NO/c1-3-5-7-9-11-13-15-17-19-21-23-25-27-29-33-37-41(39-35-31-32-36-40(39)42)38-34-30-28-26-24-22-20-18-16-14-12-10-8-6-4-2/h31-32,35-36,42H,3-30,33-34,37-38H2,1-2H3. The minimum absolute atomic E-state index is 0.444. The summed E-state index contributed by atoms with van der Waals surface area (Å²) in [5.41, 5.74) is 1.04. The predicted octanol–water partition coefficient (Wildman–Crippen LogP) is 13.9. The molecule has 0 amide bonds. The average Bonchev–Trinajstić information content (AvgIpc) is 3.00. The number of nitrogens with zero attached hydrogens (tertiary/aromatic N) is 1. The maximum Gasteiger partial charge on any atom is 0.138 e. The molecule has 0 aliphatic carbocycles. The largest absolute Gasteiger partial charge is 0.506 e. The lowest BCUT2D eigenvalue weighted by atomic mass is 10.0. The van der Waals surface area contributed by atoms with Crippen LogP contribution in [0.4, 0.5) is 5.69 Å². The van der Waals surface area contributed by atoms with Crippen LogP contribution in [0, 0.1) is 0 Å². The fourth-order valence-corrected chi connectivity index (χ4v) is 6.43. The van der Waals surface area contributed by atoms with Gasteiger partial charge in [0.25, 0.3) is 0 Å². The molecule has 0 aromatic heterocycles. The van der Waals surface area contributed by atoms with E-state index < -0.39 is 0 Å². The highest BCUT2D eigenvalue weighted by Gasteiger charge is 2.10. The van der Waals surface area contributed by atoms with Crippen LogP contribution in [-0.2, 0) is 0 Å². The molecule has 1 aromatic rings. The van der Waals surface area contributed by atoms with E-state index in [2.05, 4.69) is 30.9 Å². The monoisotopic (exact) mass is 586 g/mol. The van der Waals surface area contributed by atoms with Gasteiger partial charge >= 0.3 is 0 Å². The Hall–Kier alpha value is -1.18. The number of para-hydroxylation sites is 2. The van der Waals surface area contributed by atoms with Crippen LogP contribution < -0.4 is 4.90 Å². The number of aromatic hydroxyl groups is 1. The summed E-state index contributed by atoms with van der Waals surface area (Å²) in [6.45, 7) is 6.75. The zero-order valence-electron chi connectivity index (χ0n) is 28.8. The molecule has 1 aromatic carbocycles. The maximum atomic E-state index is 10.5. The van der Waals surface area contributed by atoms with Crippen molar-refractivity contribution in [2.75, 3.05) is 18.0 Å². The number of phenolic OH excluding ortho intramolecular Hbond substituents is 1. The normalized spacial score (nSPS) is 11.4. The van der Waals surface area contributed by atoms with E-state index in [-0.39, 0.29) is 0 Å². The number of phenols is 1. The van der Waals surface area contributed by atoms with Crippen molar-refractivity contribution in [1.82, 2.24) is 0 Å². The highest BCUT2D eigenvalue weighted by Crippen LogP contribution is 2.27. The molecule has 246 valence electrons. The number of hydrogen-bond donors (Lipinski definition) is 1. The van der Waals surface area contributed by atoms with Crippen molar-refractivity contribution in [1.29, 1.82) is 0 Å². The van der Waals surface area contributed by atoms with Gasteiger partial charge in [0, 0.05) is 13.1 Å². The summed E-state index contributed by atoms with van der Waals surface area (Å²) in [5, 5.41) is 10.5. The second-order valence-electron chi connectivity index (χ2n) is 13.4. The molecule has 0 saturated heterocycles. The molecule has 0 aliphatic rings. The van der Waals surface area contributed by atoms with Gasteiger partial charge in [0.1, 0.15) is 5.75 Å². The van der Waals surface area contributed by atoms with Gasteiger partial charge in [0.05, 0.1) is 5.69 Å². The Balaban J connectivity index is 2.04. The van der Waals surface area contributed by atoms with E-state index in [0.717, 1.165) is 18.8 Å². The lowest BCUT2D eigenvalue weighted by molar-refractivity contribution is 0.471. The Labute approximate surface area is 264 Å². The first-order valence-electron chi connectivity index (χ1n) is 19.3. The van der Waals surface area contributed by atoms with Gasteiger partial charge in [0.15, 0.2) is 0 Å². The van der Waals surface area contributed by atoms with Gasteiger partial charge in [-0.05, 0) is 25.0 Å². The van der Waals surface area contributed by atoms with E-state index >= 15 is 0 Å². The van der Waals surface area contributed by atoms with Gasteiger partial charge in [-0.25, -0.2) is 0 Å². The van der Waals surface area contributed by atoms with Crippen LogP contribution >= 0.6 is 0 Å². The van der Waals surface area contributed by atoms with Gasteiger partial charge in [0.2, 0.25) is 0 Å². The minimum Gasteiger partial charge on any atom is -0.506 e. The maximum absolute atomic E-state index is 10.5. The van der Waals surface area contributed by atoms with E-state index in [9.17, 15) is 5.11 Å². The van der Waals surface area contributed by atoms with Gasteiger partial charge < -0.3 is 10.0 Å². The Morgan fingerprint density at radius 1 is 0.381 bits per heavy atom. The average molecular weight is 586 g/mol. The number of rotatable bonds is 33. The van der Waals surface area contributed by atoms with Crippen molar-refractivity contribution in [2.45, 2.75) is 206 Å². The lowest BCUT2D eigenvalue weighted by Gasteiger charge is -2.25. The molecule has 1 N–H and O–H groups in total. The van der Waals surface area contributed by atoms with Gasteiger partial charge in [-0.1, -0.05) is 206 Å². The molecule has 2 nitrogen and oxygen atoms in total. The number of anilines is 1. The summed E-state index contributed by atoms with van der Waals surface area (Å²) in [5.74, 6) is 0.444. The van der Waals surface area contributed by atoms with E-state index in [1.54, 1.807) is 0 Å². The summed E-state index contributed by atoms with van der Waals surface area (Å²) < 4.78 is 0. The van der Waals surface area contributed by atoms with E-state index in [4.69, 9.17) is 0 Å². The first-order valence-corrected chi connectivity index (χ1v) is 19.3. The topological polar surface area (TPSA) is 23.5 Å². The molecule has 0 saturated carbocycles. The van der Waals surface area contributed by atoms with E-state index in [0.29, 0.717) is 5.75 Å². The smallest absolute Gasteiger partial charge is 0.138 e. The van der Waals surface area contributed by atoms with Crippen molar-refractivity contribution >= 4 is 5.69 Å². The Bertz CT molecular complexity index is 625. The molecule has 0 atom stereocenters. The third-order valence-electron chi connectivity index (χ3n) is 9.29. The van der Waals surface area contributed by atoms with Crippen LogP contribution in [-0.4, -0.2) is 18.2 Å². The first kappa shape index (κ1) is 38.8. The Morgan fingerprint density at radius 3 is 0.929 bits per heavy atom. The molecule has 0 radical (unpaired) electrons. The highest BCUT2D eigenvalue weighted by atomic mass is 16.3. The molecule has 0 aliphatic heterocycles. The van der Waals surface area contributed by atoms with Crippen molar-refractivity contribution in [3.05, 3.63) is 24.3 Å². The van der Waals surface area contributed by atoms with Crippen molar-refractivity contribution in [3.63, 3.8) is 0 Å². The van der Waals surface area contributed by atoms with Gasteiger partial charge in [-0.2, -0.15) is 0 Å². The third-order valence-corrected chi connectivity index (χ3v) is 9.29. The van der Waals surface area contributed by atoms with Crippen molar-refractivity contribution in [2.24, 2.45) is 0 Å². The number of hydrogen-bond acceptors (Lipinski definition) is 2. The molecule has 0 unspecified atom stereocenters. The van der Waals surface area contributed by atoms with Crippen LogP contribution in [0.5, 0.6) is 5.75 Å². The number of unbranched alkanes of at least 4 members (excludes halogenated alkanes) is 28. The quantitative estimate of drug-likeness (QED) is 0.0829. The molecule has 42 heavy (non-hydrogen) atoms. The van der Waals surface area contributed by atoms with Gasteiger partial charge in [-0.15, -0.1) is 0 Å². The fourth-order valence-electron chi connectivity index (χ4n) is 6.43. The van der Waals surface area contributed by atoms with E-state index in [1.807, 2.05) is 12.1 Å². The second kappa shape index (κ2) is 31.3. The molecular weight excluding hydrogens is 510 g/mol. The molecule has 0 spiro atoms. The van der Waals surface area contributed by atoms with Crippen LogP contribution in [0.2, 0.25) is 0 Å². The Kier molecular flexibility index (Phi) is 28.9. The van der Waals surface area contributed by atoms with Crippen molar-refractivity contribution in [3.8, 4) is 5.75 Å². The number of benzene rings is 1. The Morgan fingerprint density at radius 2 is 0.643 bits per heavy atom. The lowest BCUT2D eigenvalue weighted by Crippen LogP contribution is -2.25.